The number of hydrogen-bond acceptors (Lipinski definition) is 5. The average Bonchev–Trinajstić information content (AvgIpc) is 2.77. The van der Waals surface area contributed by atoms with Gasteiger partial charge < -0.3 is 16.0 Å². The van der Waals surface area contributed by atoms with Crippen LogP contribution in [0, 0.1) is 5.82 Å². The largest absolute Gasteiger partial charge is 0.370 e. The van der Waals surface area contributed by atoms with Gasteiger partial charge in [0.1, 0.15) is 5.82 Å². The molecule has 0 unspecified atom stereocenters. The van der Waals surface area contributed by atoms with Crippen molar-refractivity contribution in [3.8, 4) is 11.4 Å². The van der Waals surface area contributed by atoms with Crippen LogP contribution in [0.3, 0.4) is 0 Å². The highest BCUT2D eigenvalue weighted by Gasteiger charge is 2.17. The van der Waals surface area contributed by atoms with Crippen LogP contribution < -0.4 is 11.5 Å². The van der Waals surface area contributed by atoms with Gasteiger partial charge in [-0.15, -0.1) is 0 Å². The number of primary amides is 1. The van der Waals surface area contributed by atoms with E-state index in [1.54, 1.807) is 6.07 Å². The Morgan fingerprint density at radius 1 is 1.50 bits per heavy atom. The van der Waals surface area contributed by atoms with Crippen molar-refractivity contribution in [2.75, 3.05) is 0 Å². The van der Waals surface area contributed by atoms with E-state index < -0.39 is 17.8 Å². The van der Waals surface area contributed by atoms with Crippen molar-refractivity contribution in [2.45, 2.75) is 12.5 Å². The topological polar surface area (TPSA) is 108 Å². The molecule has 0 bridgehead atoms. The number of amides is 1. The Bertz CT molecular complexity index is 570. The molecule has 2 aromatic rings. The summed E-state index contributed by atoms with van der Waals surface area (Å²) in [7, 11) is 0. The van der Waals surface area contributed by atoms with E-state index in [-0.39, 0.29) is 18.1 Å². The fraction of sp³-hybridized carbons (Fsp3) is 0.182. The van der Waals surface area contributed by atoms with Gasteiger partial charge in [-0.25, -0.2) is 4.39 Å². The smallest absolute Gasteiger partial charge is 0.244 e. The molecule has 6 nitrogen and oxygen atoms in total. The Morgan fingerprint density at radius 2 is 2.28 bits per heavy atom. The number of halogens is 1. The van der Waals surface area contributed by atoms with Crippen molar-refractivity contribution in [3.05, 3.63) is 36.0 Å². The minimum absolute atomic E-state index is 0.0908. The van der Waals surface area contributed by atoms with E-state index in [1.807, 2.05) is 0 Å². The van der Waals surface area contributed by atoms with Gasteiger partial charge in [0.25, 0.3) is 0 Å². The maximum absolute atomic E-state index is 13.0. The Morgan fingerprint density at radius 3 is 2.94 bits per heavy atom. The monoisotopic (exact) mass is 250 g/mol. The molecule has 2 rings (SSSR count). The fourth-order valence-electron chi connectivity index (χ4n) is 1.43. The van der Waals surface area contributed by atoms with Gasteiger partial charge in [-0.1, -0.05) is 17.3 Å². The first-order valence-electron chi connectivity index (χ1n) is 5.19. The number of rotatable bonds is 4. The molecule has 7 heteroatoms. The van der Waals surface area contributed by atoms with Crippen LogP contribution in [0.4, 0.5) is 4.39 Å². The van der Waals surface area contributed by atoms with Gasteiger partial charge in [-0.3, -0.25) is 4.79 Å². The highest BCUT2D eigenvalue weighted by molar-refractivity contribution is 5.74. The average molecular weight is 250 g/mol. The second kappa shape index (κ2) is 4.92. The number of nitrogens with two attached hydrogens (primary N) is 2. The molecule has 94 valence electrons. The molecular formula is C11H11FN4O2. The highest BCUT2D eigenvalue weighted by atomic mass is 19.1. The maximum atomic E-state index is 13.0. The Balaban J connectivity index is 2.22. The van der Waals surface area contributed by atoms with E-state index in [1.165, 1.54) is 18.2 Å². The summed E-state index contributed by atoms with van der Waals surface area (Å²) in [6, 6.07) is 5.00. The standard InChI is InChI=1S/C11H11FN4O2/c12-7-3-1-2-6(4-7)10-15-11(18-16-10)8(13)5-9(14)17/h1-4,8H,5,13H2,(H2,14,17)/t8-/m0/s1. The van der Waals surface area contributed by atoms with E-state index in [4.69, 9.17) is 16.0 Å². The molecule has 0 fully saturated rings. The highest BCUT2D eigenvalue weighted by Crippen LogP contribution is 2.19. The van der Waals surface area contributed by atoms with Gasteiger partial charge in [0.05, 0.1) is 12.5 Å². The third-order valence-electron chi connectivity index (χ3n) is 2.26. The molecule has 1 amide bonds. The van der Waals surface area contributed by atoms with Crippen LogP contribution in [0.25, 0.3) is 11.4 Å². The van der Waals surface area contributed by atoms with Gasteiger partial charge in [0, 0.05) is 5.56 Å². The van der Waals surface area contributed by atoms with Crippen molar-refractivity contribution in [1.29, 1.82) is 0 Å². The lowest BCUT2D eigenvalue weighted by molar-refractivity contribution is -0.118. The predicted molar refractivity (Wildman–Crippen MR) is 60.4 cm³/mol. The summed E-state index contributed by atoms with van der Waals surface area (Å²) in [5.74, 6) is -0.661. The first-order chi connectivity index (χ1) is 8.56. The number of carbonyl (C=O) groups excluding carboxylic acids is 1. The van der Waals surface area contributed by atoms with Crippen LogP contribution in [0.15, 0.2) is 28.8 Å². The number of benzene rings is 1. The minimum Gasteiger partial charge on any atom is -0.370 e. The number of nitrogens with zero attached hydrogens (tertiary/aromatic N) is 2. The fourth-order valence-corrected chi connectivity index (χ4v) is 1.43. The summed E-state index contributed by atoms with van der Waals surface area (Å²) in [6.45, 7) is 0. The van der Waals surface area contributed by atoms with Crippen LogP contribution in [0.2, 0.25) is 0 Å². The second-order valence-electron chi connectivity index (χ2n) is 3.74. The maximum Gasteiger partial charge on any atom is 0.244 e. The Labute approximate surface area is 102 Å². The molecule has 1 aromatic carbocycles. The summed E-state index contributed by atoms with van der Waals surface area (Å²) in [6.07, 6.45) is -0.0925. The zero-order chi connectivity index (χ0) is 13.1. The Kier molecular flexibility index (Phi) is 3.33. The molecule has 1 aromatic heterocycles. The molecule has 0 aliphatic rings. The number of aromatic nitrogens is 2. The molecule has 18 heavy (non-hydrogen) atoms. The van der Waals surface area contributed by atoms with Crippen molar-refractivity contribution in [3.63, 3.8) is 0 Å². The van der Waals surface area contributed by atoms with Crippen molar-refractivity contribution in [2.24, 2.45) is 11.5 Å². The first kappa shape index (κ1) is 12.2. The van der Waals surface area contributed by atoms with Crippen LogP contribution in [-0.2, 0) is 4.79 Å². The quantitative estimate of drug-likeness (QED) is 0.832. The molecule has 1 heterocycles. The molecular weight excluding hydrogens is 239 g/mol. The van der Waals surface area contributed by atoms with Gasteiger partial charge >= 0.3 is 0 Å². The molecule has 1 atom stereocenters. The first-order valence-corrected chi connectivity index (χ1v) is 5.19. The summed E-state index contributed by atoms with van der Waals surface area (Å²) in [5, 5.41) is 3.67. The molecule has 4 N–H and O–H groups in total. The molecule has 0 aliphatic heterocycles. The summed E-state index contributed by atoms with van der Waals surface area (Å²) >= 11 is 0. The van der Waals surface area contributed by atoms with E-state index in [0.717, 1.165) is 0 Å². The van der Waals surface area contributed by atoms with Gasteiger partial charge in [-0.2, -0.15) is 4.98 Å². The normalized spacial score (nSPS) is 12.3. The minimum atomic E-state index is -0.752. The zero-order valence-electron chi connectivity index (χ0n) is 9.34. The van der Waals surface area contributed by atoms with E-state index >= 15 is 0 Å². The third-order valence-corrected chi connectivity index (χ3v) is 2.26. The van der Waals surface area contributed by atoms with E-state index in [0.29, 0.717) is 5.56 Å². The van der Waals surface area contributed by atoms with Gasteiger partial charge in [0.15, 0.2) is 0 Å². The lowest BCUT2D eigenvalue weighted by Crippen LogP contribution is -2.20. The summed E-state index contributed by atoms with van der Waals surface area (Å²) in [5.41, 5.74) is 11.1. The van der Waals surface area contributed by atoms with Crippen molar-refractivity contribution in [1.82, 2.24) is 10.1 Å². The second-order valence-corrected chi connectivity index (χ2v) is 3.74. The lowest BCUT2D eigenvalue weighted by atomic mass is 10.2. The van der Waals surface area contributed by atoms with Gasteiger partial charge in [0.2, 0.25) is 17.6 Å². The third kappa shape index (κ3) is 2.69. The SMILES string of the molecule is NC(=O)C[C@H](N)c1nc(-c2cccc(F)c2)no1. The van der Waals surface area contributed by atoms with E-state index in [9.17, 15) is 9.18 Å². The van der Waals surface area contributed by atoms with Crippen LogP contribution >= 0.6 is 0 Å². The number of carbonyl (C=O) groups is 1. The van der Waals surface area contributed by atoms with Gasteiger partial charge in [-0.05, 0) is 12.1 Å². The predicted octanol–water partition coefficient (Wildman–Crippen LogP) is 0.751. The van der Waals surface area contributed by atoms with Crippen molar-refractivity contribution >= 4 is 5.91 Å². The zero-order valence-corrected chi connectivity index (χ0v) is 9.34. The van der Waals surface area contributed by atoms with Crippen molar-refractivity contribution < 1.29 is 13.7 Å². The summed E-state index contributed by atoms with van der Waals surface area (Å²) in [4.78, 5) is 14.7. The Hall–Kier alpha value is -2.28. The molecule has 0 aliphatic carbocycles. The molecule has 0 saturated heterocycles. The van der Waals surface area contributed by atoms with Crippen LogP contribution in [0.5, 0.6) is 0 Å². The molecule has 0 spiro atoms. The van der Waals surface area contributed by atoms with Crippen LogP contribution in [0.1, 0.15) is 18.4 Å². The van der Waals surface area contributed by atoms with Crippen LogP contribution in [-0.4, -0.2) is 16.0 Å². The molecule has 0 radical (unpaired) electrons. The summed E-state index contributed by atoms with van der Waals surface area (Å²) < 4.78 is 17.9. The van der Waals surface area contributed by atoms with E-state index in [2.05, 4.69) is 10.1 Å². The number of hydrogen-bond donors (Lipinski definition) is 2. The molecule has 0 saturated carbocycles. The lowest BCUT2D eigenvalue weighted by Gasteiger charge is -2.01.